The fraction of sp³-hybridized carbons (Fsp3) is 0.875. The summed E-state index contributed by atoms with van der Waals surface area (Å²) in [5.74, 6) is 10.0. The maximum atomic E-state index is 6.50. The van der Waals surface area contributed by atoms with Gasteiger partial charge in [-0.15, -0.1) is 0 Å². The Morgan fingerprint density at radius 2 is 1.67 bits per heavy atom. The Morgan fingerprint density at radius 3 is 2.11 bits per heavy atom. The molecule has 0 amide bonds. The Morgan fingerprint density at radius 1 is 1.17 bits per heavy atom. The van der Waals surface area contributed by atoms with E-state index in [1.165, 1.54) is 38.5 Å². The molecular formula is C16H28N2. The minimum absolute atomic E-state index is 0.366. The summed E-state index contributed by atoms with van der Waals surface area (Å²) in [6.07, 6.45) is 13.0. The van der Waals surface area contributed by atoms with E-state index >= 15 is 0 Å². The van der Waals surface area contributed by atoms with Crippen molar-refractivity contribution in [3.8, 4) is 0 Å². The summed E-state index contributed by atoms with van der Waals surface area (Å²) in [5.41, 5.74) is 0.366. The lowest BCUT2D eigenvalue weighted by molar-refractivity contribution is -0.0923. The molecule has 0 radical (unpaired) electrons. The van der Waals surface area contributed by atoms with Crippen LogP contribution in [-0.2, 0) is 0 Å². The molecule has 1 atom stereocenters. The summed E-state index contributed by atoms with van der Waals surface area (Å²) in [6.45, 7) is 5.40. The van der Waals surface area contributed by atoms with Gasteiger partial charge >= 0.3 is 0 Å². The van der Waals surface area contributed by atoms with Gasteiger partial charge in [-0.05, 0) is 69.1 Å². The largest absolute Gasteiger partial charge is 0.268 e. The van der Waals surface area contributed by atoms with Crippen LogP contribution in [0.25, 0.3) is 0 Å². The van der Waals surface area contributed by atoms with Crippen molar-refractivity contribution in [1.29, 1.82) is 0 Å². The van der Waals surface area contributed by atoms with E-state index in [-0.39, 0.29) is 0 Å². The summed E-state index contributed by atoms with van der Waals surface area (Å²) in [5, 5.41) is 2.24. The number of hydrogen-bond donors (Lipinski definition) is 1. The summed E-state index contributed by atoms with van der Waals surface area (Å²) in [7, 11) is 0. The van der Waals surface area contributed by atoms with Gasteiger partial charge in [0.1, 0.15) is 0 Å². The summed E-state index contributed by atoms with van der Waals surface area (Å²) in [6, 6.07) is 0. The second-order valence-electron chi connectivity index (χ2n) is 7.30. The molecule has 0 spiro atoms. The highest BCUT2D eigenvalue weighted by Gasteiger charge is 2.53. The maximum absolute atomic E-state index is 6.50. The SMILES string of the molecule is C/C=C\[C@H](C)CN(N)[C@]12CC3C[C@@H](C[C@H](C3)C1)C2. The van der Waals surface area contributed by atoms with E-state index in [2.05, 4.69) is 31.0 Å². The van der Waals surface area contributed by atoms with E-state index in [1.54, 1.807) is 0 Å². The fourth-order valence-electron chi connectivity index (χ4n) is 5.31. The zero-order valence-corrected chi connectivity index (χ0v) is 11.9. The minimum atomic E-state index is 0.366. The molecule has 4 aliphatic carbocycles. The summed E-state index contributed by atoms with van der Waals surface area (Å²) >= 11 is 0. The quantitative estimate of drug-likeness (QED) is 0.470. The van der Waals surface area contributed by atoms with Crippen LogP contribution in [-0.4, -0.2) is 17.1 Å². The van der Waals surface area contributed by atoms with Crippen molar-refractivity contribution in [2.75, 3.05) is 6.54 Å². The van der Waals surface area contributed by atoms with Crippen molar-refractivity contribution in [1.82, 2.24) is 5.01 Å². The molecule has 4 aliphatic rings. The predicted octanol–water partition coefficient (Wildman–Crippen LogP) is 3.34. The molecule has 4 bridgehead atoms. The van der Waals surface area contributed by atoms with Gasteiger partial charge in [0.2, 0.25) is 0 Å². The molecule has 2 N–H and O–H groups in total. The molecular weight excluding hydrogens is 220 g/mol. The van der Waals surface area contributed by atoms with Gasteiger partial charge in [0.25, 0.3) is 0 Å². The van der Waals surface area contributed by atoms with Crippen molar-refractivity contribution < 1.29 is 0 Å². The van der Waals surface area contributed by atoms with Crippen molar-refractivity contribution in [3.63, 3.8) is 0 Å². The highest BCUT2D eigenvalue weighted by molar-refractivity contribution is 5.06. The highest BCUT2D eigenvalue weighted by Crippen LogP contribution is 2.57. The fourth-order valence-corrected chi connectivity index (χ4v) is 5.31. The van der Waals surface area contributed by atoms with Crippen LogP contribution in [0, 0.1) is 23.7 Å². The first-order valence-corrected chi connectivity index (χ1v) is 7.76. The van der Waals surface area contributed by atoms with Gasteiger partial charge in [-0.2, -0.15) is 0 Å². The number of rotatable bonds is 4. The van der Waals surface area contributed by atoms with Crippen LogP contribution in [0.5, 0.6) is 0 Å². The average Bonchev–Trinajstić information content (AvgIpc) is 2.27. The van der Waals surface area contributed by atoms with E-state index in [9.17, 15) is 0 Å². The van der Waals surface area contributed by atoms with Gasteiger partial charge in [0, 0.05) is 12.1 Å². The number of nitrogens with zero attached hydrogens (tertiary/aromatic N) is 1. The van der Waals surface area contributed by atoms with Gasteiger partial charge in [-0.3, -0.25) is 5.84 Å². The van der Waals surface area contributed by atoms with Crippen LogP contribution in [0.3, 0.4) is 0 Å². The average molecular weight is 248 g/mol. The van der Waals surface area contributed by atoms with Gasteiger partial charge in [-0.25, -0.2) is 5.01 Å². The first-order chi connectivity index (χ1) is 8.61. The topological polar surface area (TPSA) is 29.3 Å². The number of hydrazine groups is 1. The summed E-state index contributed by atoms with van der Waals surface area (Å²) in [4.78, 5) is 0. The lowest BCUT2D eigenvalue weighted by atomic mass is 9.52. The Bertz CT molecular complexity index is 299. The molecule has 0 unspecified atom stereocenters. The Labute approximate surface area is 112 Å². The first kappa shape index (κ1) is 12.7. The van der Waals surface area contributed by atoms with E-state index < -0.39 is 0 Å². The zero-order valence-electron chi connectivity index (χ0n) is 11.9. The van der Waals surface area contributed by atoms with Gasteiger partial charge in [-0.1, -0.05) is 19.1 Å². The molecule has 0 heterocycles. The molecule has 2 nitrogen and oxygen atoms in total. The van der Waals surface area contributed by atoms with Crippen molar-refractivity contribution in [3.05, 3.63) is 12.2 Å². The van der Waals surface area contributed by atoms with Gasteiger partial charge in [0.15, 0.2) is 0 Å². The van der Waals surface area contributed by atoms with Gasteiger partial charge < -0.3 is 0 Å². The smallest absolute Gasteiger partial charge is 0.0360 e. The number of nitrogens with two attached hydrogens (primary N) is 1. The van der Waals surface area contributed by atoms with Crippen LogP contribution in [0.1, 0.15) is 52.4 Å². The van der Waals surface area contributed by atoms with Crippen LogP contribution in [0.4, 0.5) is 0 Å². The lowest BCUT2D eigenvalue weighted by Gasteiger charge is -2.59. The third-order valence-corrected chi connectivity index (χ3v) is 5.62. The monoisotopic (exact) mass is 248 g/mol. The number of hydrogen-bond acceptors (Lipinski definition) is 2. The molecule has 18 heavy (non-hydrogen) atoms. The van der Waals surface area contributed by atoms with E-state index in [4.69, 9.17) is 5.84 Å². The van der Waals surface area contributed by atoms with E-state index in [0.717, 1.165) is 24.3 Å². The number of allylic oxidation sites excluding steroid dienone is 1. The minimum Gasteiger partial charge on any atom is -0.268 e. The van der Waals surface area contributed by atoms with Crippen LogP contribution in [0.2, 0.25) is 0 Å². The van der Waals surface area contributed by atoms with E-state index in [0.29, 0.717) is 11.5 Å². The molecule has 0 aromatic rings. The standard InChI is InChI=1S/C16H28N2/c1-3-4-12(2)11-18(17)16-8-13-5-14(9-16)7-15(6-13)10-16/h3-4,12-15H,5-11,17H2,1-2H3/b4-3-/t12-,13-,14?,15+,16-/m0/s1. The first-order valence-electron chi connectivity index (χ1n) is 7.76. The third-order valence-electron chi connectivity index (χ3n) is 5.62. The molecule has 2 heteroatoms. The Hall–Kier alpha value is -0.340. The predicted molar refractivity (Wildman–Crippen MR) is 75.8 cm³/mol. The van der Waals surface area contributed by atoms with Crippen LogP contribution < -0.4 is 5.84 Å². The second kappa shape index (κ2) is 4.64. The van der Waals surface area contributed by atoms with Crippen molar-refractivity contribution >= 4 is 0 Å². The molecule has 0 aromatic heterocycles. The van der Waals surface area contributed by atoms with Crippen LogP contribution >= 0.6 is 0 Å². The molecule has 0 aliphatic heterocycles. The van der Waals surface area contributed by atoms with Crippen molar-refractivity contribution in [2.24, 2.45) is 29.5 Å². The third kappa shape index (κ3) is 2.14. The van der Waals surface area contributed by atoms with Crippen molar-refractivity contribution in [2.45, 2.75) is 57.9 Å². The molecule has 4 fully saturated rings. The lowest BCUT2D eigenvalue weighted by Crippen LogP contribution is -2.63. The highest BCUT2D eigenvalue weighted by atomic mass is 15.4. The molecule has 4 saturated carbocycles. The normalized spacial score (nSPS) is 44.1. The Balaban J connectivity index is 1.70. The summed E-state index contributed by atoms with van der Waals surface area (Å²) < 4.78 is 0. The molecule has 0 aromatic carbocycles. The second-order valence-corrected chi connectivity index (χ2v) is 7.30. The van der Waals surface area contributed by atoms with Gasteiger partial charge in [0.05, 0.1) is 0 Å². The van der Waals surface area contributed by atoms with Crippen LogP contribution in [0.15, 0.2) is 12.2 Å². The molecule has 102 valence electrons. The molecule has 4 rings (SSSR count). The van der Waals surface area contributed by atoms with E-state index in [1.807, 2.05) is 0 Å². The maximum Gasteiger partial charge on any atom is 0.0360 e. The zero-order chi connectivity index (χ0) is 12.8. The molecule has 0 saturated heterocycles. The Kier molecular flexibility index (Phi) is 3.27.